The predicted octanol–water partition coefficient (Wildman–Crippen LogP) is 2.58. The fourth-order valence-corrected chi connectivity index (χ4v) is 1.92. The number of imidazole rings is 1. The second kappa shape index (κ2) is 5.52. The van der Waals surface area contributed by atoms with Gasteiger partial charge in [-0.3, -0.25) is 4.79 Å². The molecule has 0 saturated carbocycles. The molecule has 1 amide bonds. The summed E-state index contributed by atoms with van der Waals surface area (Å²) >= 11 is 0. The summed E-state index contributed by atoms with van der Waals surface area (Å²) in [5.74, 6) is -1.51. The minimum Gasteiger partial charge on any atom is -0.355 e. The fourth-order valence-electron chi connectivity index (χ4n) is 1.92. The van der Waals surface area contributed by atoms with Crippen molar-refractivity contribution in [3.8, 4) is 0 Å². The number of benzene rings is 1. The average Bonchev–Trinajstić information content (AvgIpc) is 2.75. The lowest BCUT2D eigenvalue weighted by Crippen LogP contribution is -2.29. The summed E-state index contributed by atoms with van der Waals surface area (Å²) in [5, 5.41) is 2.56. The third kappa shape index (κ3) is 2.92. The van der Waals surface area contributed by atoms with E-state index in [9.17, 15) is 18.0 Å². The smallest absolute Gasteiger partial charge is 0.355 e. The Labute approximate surface area is 113 Å². The number of nitrogens with zero attached hydrogens (tertiary/aromatic N) is 2. The van der Waals surface area contributed by atoms with Crippen LogP contribution < -0.4 is 5.32 Å². The SMILES string of the molecule is CCCNC(=O)Cn1c(C(F)(F)F)nc2ccccc21. The van der Waals surface area contributed by atoms with Crippen LogP contribution in [0.25, 0.3) is 11.0 Å². The zero-order valence-electron chi connectivity index (χ0n) is 10.9. The van der Waals surface area contributed by atoms with Crippen molar-refractivity contribution in [1.29, 1.82) is 0 Å². The Kier molecular flexibility index (Phi) is 3.96. The van der Waals surface area contributed by atoms with Crippen molar-refractivity contribution in [2.24, 2.45) is 0 Å². The van der Waals surface area contributed by atoms with E-state index >= 15 is 0 Å². The van der Waals surface area contributed by atoms with Crippen LogP contribution in [-0.2, 0) is 17.5 Å². The van der Waals surface area contributed by atoms with Crippen LogP contribution in [0.15, 0.2) is 24.3 Å². The van der Waals surface area contributed by atoms with Gasteiger partial charge in [0.25, 0.3) is 0 Å². The summed E-state index contributed by atoms with van der Waals surface area (Å²) in [6.45, 7) is 1.91. The summed E-state index contributed by atoms with van der Waals surface area (Å²) in [4.78, 5) is 15.2. The van der Waals surface area contributed by atoms with Crippen LogP contribution in [0.3, 0.4) is 0 Å². The topological polar surface area (TPSA) is 46.9 Å². The largest absolute Gasteiger partial charge is 0.449 e. The first-order valence-corrected chi connectivity index (χ1v) is 6.22. The molecule has 1 N–H and O–H groups in total. The fraction of sp³-hybridized carbons (Fsp3) is 0.385. The molecule has 1 aromatic carbocycles. The minimum absolute atomic E-state index is 0.225. The summed E-state index contributed by atoms with van der Waals surface area (Å²) in [5.41, 5.74) is 0.523. The van der Waals surface area contributed by atoms with Gasteiger partial charge in [-0.2, -0.15) is 13.2 Å². The summed E-state index contributed by atoms with van der Waals surface area (Å²) in [6, 6.07) is 6.23. The second-order valence-corrected chi connectivity index (χ2v) is 4.36. The van der Waals surface area contributed by atoms with Crippen molar-refractivity contribution >= 4 is 16.9 Å². The van der Waals surface area contributed by atoms with Gasteiger partial charge in [0, 0.05) is 6.54 Å². The molecule has 1 heterocycles. The number of para-hydroxylation sites is 2. The van der Waals surface area contributed by atoms with Gasteiger partial charge in [0.15, 0.2) is 0 Å². The number of nitrogens with one attached hydrogen (secondary N) is 1. The summed E-state index contributed by atoms with van der Waals surface area (Å²) in [7, 11) is 0. The Hall–Kier alpha value is -2.05. The van der Waals surface area contributed by atoms with Crippen molar-refractivity contribution in [1.82, 2.24) is 14.9 Å². The highest BCUT2D eigenvalue weighted by atomic mass is 19.4. The van der Waals surface area contributed by atoms with E-state index in [0.29, 0.717) is 12.1 Å². The molecule has 20 heavy (non-hydrogen) atoms. The number of carbonyl (C=O) groups is 1. The van der Waals surface area contributed by atoms with E-state index < -0.39 is 24.5 Å². The quantitative estimate of drug-likeness (QED) is 0.938. The van der Waals surface area contributed by atoms with Crippen LogP contribution in [0.5, 0.6) is 0 Å². The molecule has 108 valence electrons. The van der Waals surface area contributed by atoms with Crippen LogP contribution in [0.1, 0.15) is 19.2 Å². The van der Waals surface area contributed by atoms with E-state index in [1.165, 1.54) is 12.1 Å². The summed E-state index contributed by atoms with van der Waals surface area (Å²) in [6.07, 6.45) is -3.87. The van der Waals surface area contributed by atoms with E-state index in [0.717, 1.165) is 11.0 Å². The molecule has 0 aliphatic carbocycles. The number of rotatable bonds is 4. The number of hydrogen-bond donors (Lipinski definition) is 1. The van der Waals surface area contributed by atoms with Crippen molar-refractivity contribution in [2.75, 3.05) is 6.54 Å². The zero-order valence-corrected chi connectivity index (χ0v) is 10.9. The molecule has 2 rings (SSSR count). The van der Waals surface area contributed by atoms with Crippen molar-refractivity contribution < 1.29 is 18.0 Å². The molecule has 0 atom stereocenters. The lowest BCUT2D eigenvalue weighted by Gasteiger charge is -2.11. The van der Waals surface area contributed by atoms with Gasteiger partial charge in [-0.25, -0.2) is 4.98 Å². The summed E-state index contributed by atoms with van der Waals surface area (Å²) < 4.78 is 39.8. The van der Waals surface area contributed by atoms with Gasteiger partial charge in [0.05, 0.1) is 11.0 Å². The Bertz CT molecular complexity index is 619. The number of alkyl halides is 3. The zero-order chi connectivity index (χ0) is 14.8. The van der Waals surface area contributed by atoms with Crippen LogP contribution in [0.4, 0.5) is 13.2 Å². The molecule has 0 aliphatic heterocycles. The second-order valence-electron chi connectivity index (χ2n) is 4.36. The Morgan fingerprint density at radius 1 is 1.35 bits per heavy atom. The van der Waals surface area contributed by atoms with Crippen molar-refractivity contribution in [3.05, 3.63) is 30.1 Å². The highest BCUT2D eigenvalue weighted by Crippen LogP contribution is 2.31. The first kappa shape index (κ1) is 14.4. The number of aromatic nitrogens is 2. The molecule has 0 radical (unpaired) electrons. The molecule has 2 aromatic rings. The van der Waals surface area contributed by atoms with Crippen LogP contribution in [0.2, 0.25) is 0 Å². The molecular weight excluding hydrogens is 271 g/mol. The molecule has 4 nitrogen and oxygen atoms in total. The van der Waals surface area contributed by atoms with Gasteiger partial charge in [-0.1, -0.05) is 19.1 Å². The monoisotopic (exact) mass is 285 g/mol. The van der Waals surface area contributed by atoms with E-state index in [2.05, 4.69) is 10.3 Å². The number of hydrogen-bond acceptors (Lipinski definition) is 2. The van der Waals surface area contributed by atoms with E-state index in [1.54, 1.807) is 12.1 Å². The van der Waals surface area contributed by atoms with Gasteiger partial charge in [0.1, 0.15) is 6.54 Å². The maximum absolute atomic E-state index is 13.0. The maximum atomic E-state index is 13.0. The van der Waals surface area contributed by atoms with Crippen LogP contribution in [0, 0.1) is 0 Å². The third-order valence-electron chi connectivity index (χ3n) is 2.78. The van der Waals surface area contributed by atoms with Crippen molar-refractivity contribution in [2.45, 2.75) is 26.1 Å². The lowest BCUT2D eigenvalue weighted by molar-refractivity contribution is -0.147. The normalized spacial score (nSPS) is 11.8. The highest BCUT2D eigenvalue weighted by Gasteiger charge is 2.37. The van der Waals surface area contributed by atoms with Crippen LogP contribution >= 0.6 is 0 Å². The minimum atomic E-state index is -4.59. The van der Waals surface area contributed by atoms with Gasteiger partial charge in [-0.15, -0.1) is 0 Å². The first-order valence-electron chi connectivity index (χ1n) is 6.22. The molecule has 0 fully saturated rings. The van der Waals surface area contributed by atoms with E-state index in [-0.39, 0.29) is 5.52 Å². The Balaban J connectivity index is 2.41. The van der Waals surface area contributed by atoms with Gasteiger partial charge in [-0.05, 0) is 18.6 Å². The highest BCUT2D eigenvalue weighted by molar-refractivity contribution is 5.81. The number of amides is 1. The number of halogens is 3. The molecule has 0 saturated heterocycles. The van der Waals surface area contributed by atoms with Gasteiger partial charge in [0.2, 0.25) is 11.7 Å². The average molecular weight is 285 g/mol. The molecule has 0 spiro atoms. The maximum Gasteiger partial charge on any atom is 0.449 e. The molecule has 1 aromatic heterocycles. The third-order valence-corrected chi connectivity index (χ3v) is 2.78. The number of carbonyl (C=O) groups excluding carboxylic acids is 1. The molecule has 0 bridgehead atoms. The molecule has 7 heteroatoms. The van der Waals surface area contributed by atoms with E-state index in [1.807, 2.05) is 6.92 Å². The first-order chi connectivity index (χ1) is 9.43. The van der Waals surface area contributed by atoms with Gasteiger partial charge < -0.3 is 9.88 Å². The Morgan fingerprint density at radius 2 is 2.05 bits per heavy atom. The van der Waals surface area contributed by atoms with Gasteiger partial charge >= 0.3 is 6.18 Å². The van der Waals surface area contributed by atoms with E-state index in [4.69, 9.17) is 0 Å². The number of fused-ring (bicyclic) bond motifs is 1. The molecular formula is C13H14F3N3O. The van der Waals surface area contributed by atoms with Crippen LogP contribution in [-0.4, -0.2) is 22.0 Å². The van der Waals surface area contributed by atoms with Crippen molar-refractivity contribution in [3.63, 3.8) is 0 Å². The predicted molar refractivity (Wildman–Crippen MR) is 68.0 cm³/mol. The molecule has 0 unspecified atom stereocenters. The Morgan fingerprint density at radius 3 is 2.70 bits per heavy atom. The standard InChI is InChI=1S/C13H14F3N3O/c1-2-7-17-11(20)8-19-10-6-4-3-5-9(10)18-12(19)13(14,15)16/h3-6H,2,7-8H2,1H3,(H,17,20). The molecule has 0 aliphatic rings. The lowest BCUT2D eigenvalue weighted by atomic mass is 10.3.